The fraction of sp³-hybridized carbons (Fsp3) is 0.500. The first-order valence-electron chi connectivity index (χ1n) is 11.1. The molecule has 0 bridgehead atoms. The molecular formula is C24H34N2O12. The number of hydrogen-bond acceptors (Lipinski definition) is 12. The lowest BCUT2D eigenvalue weighted by Crippen LogP contribution is -2.48. The summed E-state index contributed by atoms with van der Waals surface area (Å²) in [5.74, 6) is -3.00. The molecule has 0 aromatic rings. The minimum absolute atomic E-state index is 0.0347. The van der Waals surface area contributed by atoms with Gasteiger partial charge in [-0.05, 0) is 13.8 Å². The molecule has 0 atom stereocenters. The van der Waals surface area contributed by atoms with Crippen LogP contribution in [0.3, 0.4) is 0 Å². The van der Waals surface area contributed by atoms with E-state index >= 15 is 0 Å². The van der Waals surface area contributed by atoms with Crippen molar-refractivity contribution in [1.82, 2.24) is 0 Å². The monoisotopic (exact) mass is 542 g/mol. The first-order valence-corrected chi connectivity index (χ1v) is 11.1. The molecule has 0 radical (unpaired) electrons. The average Bonchev–Trinajstić information content (AvgIpc) is 2.88. The second-order valence-electron chi connectivity index (χ2n) is 8.01. The van der Waals surface area contributed by atoms with Crippen LogP contribution in [-0.4, -0.2) is 71.2 Å². The van der Waals surface area contributed by atoms with E-state index in [2.05, 4.69) is 35.8 Å². The van der Waals surface area contributed by atoms with Crippen LogP contribution in [0.15, 0.2) is 49.6 Å². The first kappa shape index (κ1) is 35.8. The van der Waals surface area contributed by atoms with Gasteiger partial charge in [0.2, 0.25) is 0 Å². The van der Waals surface area contributed by atoms with Gasteiger partial charge in [0, 0.05) is 46.0 Å². The van der Waals surface area contributed by atoms with E-state index in [0.29, 0.717) is 0 Å². The summed E-state index contributed by atoms with van der Waals surface area (Å²) >= 11 is 0. The zero-order valence-corrected chi connectivity index (χ0v) is 22.0. The Morgan fingerprint density at radius 2 is 0.947 bits per heavy atom. The molecule has 0 N–H and O–H groups in total. The van der Waals surface area contributed by atoms with Crippen molar-refractivity contribution in [3.63, 3.8) is 0 Å². The van der Waals surface area contributed by atoms with Crippen LogP contribution in [0.1, 0.15) is 40.5 Å². The summed E-state index contributed by atoms with van der Waals surface area (Å²) in [5, 5.41) is 22.2. The third kappa shape index (κ3) is 12.1. The molecule has 0 rings (SSSR count). The highest BCUT2D eigenvalue weighted by molar-refractivity contribution is 5.87. The van der Waals surface area contributed by atoms with Gasteiger partial charge in [-0.25, -0.2) is 19.2 Å². The molecule has 0 spiro atoms. The van der Waals surface area contributed by atoms with Crippen LogP contribution >= 0.6 is 0 Å². The van der Waals surface area contributed by atoms with Crippen LogP contribution in [0.4, 0.5) is 0 Å². The standard InChI is InChI=1S/C13H19NO6.C11H15NO6/c1-6-13(14(17)18,7-19-11(15)9(2)3)8-20-12(16)10(4)5;1-4-9(13)17-7-11(6-3,12(15)16)8-18-10(14)5-2/h2,4,6-8H2,1,3,5H3;4-5H,1-2,6-8H2,3H3. The second-order valence-corrected chi connectivity index (χ2v) is 8.01. The van der Waals surface area contributed by atoms with Crippen molar-refractivity contribution in [2.75, 3.05) is 26.4 Å². The van der Waals surface area contributed by atoms with Crippen LogP contribution < -0.4 is 0 Å². The summed E-state index contributed by atoms with van der Waals surface area (Å²) < 4.78 is 19.0. The molecule has 0 amide bonds. The Balaban J connectivity index is 0. The second kappa shape index (κ2) is 17.2. The Morgan fingerprint density at radius 3 is 1.13 bits per heavy atom. The molecule has 0 aliphatic rings. The molecule has 0 heterocycles. The molecular weight excluding hydrogens is 508 g/mol. The van der Waals surface area contributed by atoms with E-state index in [1.165, 1.54) is 20.8 Å². The van der Waals surface area contributed by atoms with Gasteiger partial charge < -0.3 is 18.9 Å². The van der Waals surface area contributed by atoms with Crippen LogP contribution in [0.5, 0.6) is 0 Å². The van der Waals surface area contributed by atoms with Crippen molar-refractivity contribution in [1.29, 1.82) is 0 Å². The SMILES string of the molecule is C=C(C)C(=O)OCC(CC)(COC(=O)C(=C)C)[N+](=O)[O-].C=CC(=O)OCC(CC)(COC(=O)C=C)[N+](=O)[O-]. The third-order valence-electron chi connectivity index (χ3n) is 5.03. The normalized spacial score (nSPS) is 10.4. The molecule has 0 unspecified atom stereocenters. The van der Waals surface area contributed by atoms with E-state index in [1.807, 2.05) is 0 Å². The van der Waals surface area contributed by atoms with E-state index < -0.39 is 71.2 Å². The average molecular weight is 543 g/mol. The van der Waals surface area contributed by atoms with Crippen LogP contribution in [0.25, 0.3) is 0 Å². The van der Waals surface area contributed by atoms with Crippen LogP contribution in [0.2, 0.25) is 0 Å². The number of hydrogen-bond donors (Lipinski definition) is 0. The Hall–Kier alpha value is -4.36. The lowest BCUT2D eigenvalue weighted by atomic mass is 9.99. The maximum absolute atomic E-state index is 11.3. The molecule has 38 heavy (non-hydrogen) atoms. The summed E-state index contributed by atoms with van der Waals surface area (Å²) in [6.45, 7) is 17.1. The highest BCUT2D eigenvalue weighted by Gasteiger charge is 2.45. The fourth-order valence-electron chi connectivity index (χ4n) is 2.14. The maximum Gasteiger partial charge on any atom is 0.333 e. The van der Waals surface area contributed by atoms with Gasteiger partial charge in [-0.15, -0.1) is 0 Å². The number of ether oxygens (including phenoxy) is 4. The number of carbonyl (C=O) groups is 4. The molecule has 0 aromatic heterocycles. The van der Waals surface area contributed by atoms with Gasteiger partial charge in [-0.3, -0.25) is 20.2 Å². The summed E-state index contributed by atoms with van der Waals surface area (Å²) in [5.41, 5.74) is -3.05. The molecule has 0 aliphatic heterocycles. The predicted octanol–water partition coefficient (Wildman–Crippen LogP) is 2.52. The van der Waals surface area contributed by atoms with E-state index in [0.717, 1.165) is 12.2 Å². The van der Waals surface area contributed by atoms with E-state index in [4.69, 9.17) is 9.47 Å². The Bertz CT molecular complexity index is 900. The minimum atomic E-state index is -1.67. The summed E-state index contributed by atoms with van der Waals surface area (Å²) in [7, 11) is 0. The zero-order chi connectivity index (χ0) is 30.1. The number of carbonyl (C=O) groups excluding carboxylic acids is 4. The van der Waals surface area contributed by atoms with Crippen LogP contribution in [0, 0.1) is 20.2 Å². The van der Waals surface area contributed by atoms with E-state index in [1.54, 1.807) is 6.92 Å². The van der Waals surface area contributed by atoms with Crippen molar-refractivity contribution >= 4 is 23.9 Å². The quantitative estimate of drug-likeness (QED) is 0.0911. The first-order chi connectivity index (χ1) is 17.6. The fourth-order valence-corrected chi connectivity index (χ4v) is 2.14. The van der Waals surface area contributed by atoms with E-state index in [-0.39, 0.29) is 24.0 Å². The van der Waals surface area contributed by atoms with Crippen molar-refractivity contribution in [2.45, 2.75) is 51.6 Å². The maximum atomic E-state index is 11.3. The highest BCUT2D eigenvalue weighted by Crippen LogP contribution is 2.18. The molecule has 0 aromatic carbocycles. The molecule has 14 heteroatoms. The van der Waals surface area contributed by atoms with Gasteiger partial charge in [0.1, 0.15) is 0 Å². The van der Waals surface area contributed by atoms with Gasteiger partial charge in [-0.1, -0.05) is 40.2 Å². The molecule has 14 nitrogen and oxygen atoms in total. The van der Waals surface area contributed by atoms with Crippen LogP contribution in [-0.2, 0) is 38.1 Å². The Morgan fingerprint density at radius 1 is 0.684 bits per heavy atom. The largest absolute Gasteiger partial charge is 0.455 e. The number of nitrogens with zero attached hydrogens (tertiary/aromatic N) is 2. The number of nitro groups is 2. The number of esters is 4. The smallest absolute Gasteiger partial charge is 0.333 e. The molecule has 0 fully saturated rings. The molecule has 0 aliphatic carbocycles. The lowest BCUT2D eigenvalue weighted by molar-refractivity contribution is -0.577. The van der Waals surface area contributed by atoms with Gasteiger partial charge >= 0.3 is 23.9 Å². The summed E-state index contributed by atoms with van der Waals surface area (Å²) in [6.07, 6.45) is 1.87. The Kier molecular flexibility index (Phi) is 16.2. The lowest BCUT2D eigenvalue weighted by Gasteiger charge is -2.23. The topological polar surface area (TPSA) is 191 Å². The third-order valence-corrected chi connectivity index (χ3v) is 5.03. The highest BCUT2D eigenvalue weighted by atomic mass is 16.7. The summed E-state index contributed by atoms with van der Waals surface area (Å²) in [4.78, 5) is 65.4. The van der Waals surface area contributed by atoms with Gasteiger partial charge in [0.25, 0.3) is 11.1 Å². The molecule has 0 saturated heterocycles. The van der Waals surface area contributed by atoms with Crippen molar-refractivity contribution < 1.29 is 48.0 Å². The van der Waals surface area contributed by atoms with Crippen molar-refractivity contribution in [3.8, 4) is 0 Å². The van der Waals surface area contributed by atoms with Gasteiger partial charge in [0.05, 0.1) is 0 Å². The number of rotatable bonds is 16. The molecule has 212 valence electrons. The molecule has 0 saturated carbocycles. The van der Waals surface area contributed by atoms with Gasteiger partial charge in [0.15, 0.2) is 26.4 Å². The van der Waals surface area contributed by atoms with Crippen molar-refractivity contribution in [2.24, 2.45) is 0 Å². The van der Waals surface area contributed by atoms with Gasteiger partial charge in [-0.2, -0.15) is 0 Å². The van der Waals surface area contributed by atoms with E-state index in [9.17, 15) is 39.4 Å². The Labute approximate surface area is 220 Å². The predicted molar refractivity (Wildman–Crippen MR) is 134 cm³/mol. The minimum Gasteiger partial charge on any atom is -0.455 e. The van der Waals surface area contributed by atoms with Crippen molar-refractivity contribution in [3.05, 3.63) is 69.8 Å². The zero-order valence-electron chi connectivity index (χ0n) is 22.0. The summed E-state index contributed by atoms with van der Waals surface area (Å²) in [6, 6.07) is 0.